The maximum absolute atomic E-state index is 12.2. The number of ether oxygens (including phenoxy) is 2. The quantitative estimate of drug-likeness (QED) is 0.872. The number of primary amides is 1. The highest BCUT2D eigenvalue weighted by molar-refractivity contribution is 5.96. The van der Waals surface area contributed by atoms with Gasteiger partial charge in [0.15, 0.2) is 0 Å². The molecule has 0 spiro atoms. The fraction of sp³-hybridized carbons (Fsp3) is 0.500. The van der Waals surface area contributed by atoms with Crippen molar-refractivity contribution < 1.29 is 23.0 Å². The molecule has 0 saturated carbocycles. The molecule has 1 fully saturated rings. The average Bonchev–Trinajstić information content (AvgIpc) is 2.92. The van der Waals surface area contributed by atoms with Gasteiger partial charge in [0.2, 0.25) is 0 Å². The molecule has 2 N–H and O–H groups in total. The number of hydrogen-bond acceptors (Lipinski definition) is 4. The van der Waals surface area contributed by atoms with Crippen molar-refractivity contribution in [3.8, 4) is 5.75 Å². The maximum atomic E-state index is 12.2. The predicted octanol–water partition coefficient (Wildman–Crippen LogP) is 2.00. The van der Waals surface area contributed by atoms with Crippen LogP contribution in [0.3, 0.4) is 0 Å². The average molecular weight is 300 g/mol. The summed E-state index contributed by atoms with van der Waals surface area (Å²) in [6.45, 7) is -2.05. The normalized spacial score (nSPS) is 18.3. The Balaban J connectivity index is 2.18. The van der Waals surface area contributed by atoms with Crippen molar-refractivity contribution in [3.05, 3.63) is 23.8 Å². The maximum Gasteiger partial charge on any atom is 0.345 e. The Morgan fingerprint density at radius 3 is 2.90 bits per heavy atom. The number of carbonyl (C=O) groups is 1. The number of anilines is 1. The highest BCUT2D eigenvalue weighted by Crippen LogP contribution is 2.30. The van der Waals surface area contributed by atoms with Crippen LogP contribution in [0, 0.1) is 0 Å². The number of carbonyl (C=O) groups excluding carboxylic acids is 1. The lowest BCUT2D eigenvalue weighted by atomic mass is 10.1. The minimum atomic E-state index is -2.76. The molecule has 0 aliphatic carbocycles. The van der Waals surface area contributed by atoms with E-state index in [4.69, 9.17) is 10.5 Å². The third kappa shape index (κ3) is 3.60. The molecule has 2 rings (SSSR count). The highest BCUT2D eigenvalue weighted by Gasteiger charge is 2.26. The van der Waals surface area contributed by atoms with Crippen LogP contribution < -0.4 is 15.4 Å². The number of rotatable bonds is 6. The number of alkyl halides is 2. The van der Waals surface area contributed by atoms with Gasteiger partial charge in [-0.05, 0) is 25.0 Å². The molecule has 1 aliphatic rings. The lowest BCUT2D eigenvalue weighted by Gasteiger charge is -2.27. The topological polar surface area (TPSA) is 64.8 Å². The van der Waals surface area contributed by atoms with E-state index in [9.17, 15) is 13.6 Å². The number of methoxy groups -OCH3 is 1. The number of nitrogens with zero attached hydrogens (tertiary/aromatic N) is 1. The smallest absolute Gasteiger partial charge is 0.345 e. The Hall–Kier alpha value is -1.89. The molecule has 0 radical (unpaired) electrons. The van der Waals surface area contributed by atoms with Crippen LogP contribution >= 0.6 is 0 Å². The summed E-state index contributed by atoms with van der Waals surface area (Å²) in [6, 6.07) is 4.91. The van der Waals surface area contributed by atoms with Gasteiger partial charge in [-0.25, -0.2) is 0 Å². The van der Waals surface area contributed by atoms with Gasteiger partial charge in [-0.15, -0.1) is 0 Å². The van der Waals surface area contributed by atoms with Gasteiger partial charge in [0.1, 0.15) is 5.75 Å². The summed E-state index contributed by atoms with van der Waals surface area (Å²) < 4.78 is 33.9. The first kappa shape index (κ1) is 15.5. The summed E-state index contributed by atoms with van der Waals surface area (Å²) in [4.78, 5) is 13.3. The van der Waals surface area contributed by atoms with E-state index in [1.165, 1.54) is 7.11 Å². The van der Waals surface area contributed by atoms with Crippen LogP contribution in [0.4, 0.5) is 14.5 Å². The van der Waals surface area contributed by atoms with Crippen LogP contribution in [0.1, 0.15) is 23.2 Å². The molecule has 1 amide bonds. The first-order valence-corrected chi connectivity index (χ1v) is 6.67. The third-order valence-electron chi connectivity index (χ3n) is 3.57. The minimum absolute atomic E-state index is 0.0302. The third-order valence-corrected chi connectivity index (χ3v) is 3.57. The van der Waals surface area contributed by atoms with E-state index >= 15 is 0 Å². The molecule has 21 heavy (non-hydrogen) atoms. The zero-order valence-corrected chi connectivity index (χ0v) is 11.7. The zero-order chi connectivity index (χ0) is 15.4. The number of nitrogens with two attached hydrogens (primary N) is 1. The van der Waals surface area contributed by atoms with E-state index in [1.54, 1.807) is 18.2 Å². The van der Waals surface area contributed by atoms with Crippen LogP contribution in [0.15, 0.2) is 18.2 Å². The molecule has 1 aromatic carbocycles. The molecule has 1 heterocycles. The van der Waals surface area contributed by atoms with E-state index in [2.05, 4.69) is 4.74 Å². The Morgan fingerprint density at radius 1 is 1.52 bits per heavy atom. The Labute approximate surface area is 121 Å². The van der Waals surface area contributed by atoms with Crippen molar-refractivity contribution in [2.24, 2.45) is 5.73 Å². The fourth-order valence-corrected chi connectivity index (χ4v) is 2.59. The minimum Gasteiger partial charge on any atom is -0.496 e. The fourth-order valence-electron chi connectivity index (χ4n) is 2.59. The largest absolute Gasteiger partial charge is 0.496 e. The van der Waals surface area contributed by atoms with Crippen molar-refractivity contribution >= 4 is 11.6 Å². The number of hydrogen-bond donors (Lipinski definition) is 1. The second-order valence-electron chi connectivity index (χ2n) is 4.83. The predicted molar refractivity (Wildman–Crippen MR) is 73.8 cm³/mol. The SMILES string of the molecule is COc1cc(N2CCC[C@H]2COC(F)F)ccc1C(N)=O. The molecule has 5 nitrogen and oxygen atoms in total. The standard InChI is InChI=1S/C14H18F2N2O3/c1-20-12-7-9(4-5-11(12)13(17)19)18-6-2-3-10(18)8-21-14(15)16/h4-5,7,10,14H,2-3,6,8H2,1H3,(H2,17,19)/t10-/m0/s1. The van der Waals surface area contributed by atoms with Gasteiger partial charge in [0.25, 0.3) is 5.91 Å². The molecule has 1 atom stereocenters. The van der Waals surface area contributed by atoms with Crippen LogP contribution in [-0.2, 0) is 4.74 Å². The molecule has 1 aliphatic heterocycles. The van der Waals surface area contributed by atoms with E-state index in [0.29, 0.717) is 11.3 Å². The summed E-state index contributed by atoms with van der Waals surface area (Å²) in [6.07, 6.45) is 1.68. The van der Waals surface area contributed by atoms with Crippen molar-refractivity contribution in [2.45, 2.75) is 25.5 Å². The summed E-state index contributed by atoms with van der Waals surface area (Å²) in [7, 11) is 1.45. The van der Waals surface area contributed by atoms with Crippen molar-refractivity contribution in [1.29, 1.82) is 0 Å². The van der Waals surface area contributed by atoms with Gasteiger partial charge in [0.05, 0.1) is 25.3 Å². The Kier molecular flexibility index (Phi) is 4.95. The Bertz CT molecular complexity index is 511. The van der Waals surface area contributed by atoms with Crippen LogP contribution in [0.2, 0.25) is 0 Å². The monoisotopic (exact) mass is 300 g/mol. The molecule has 7 heteroatoms. The van der Waals surface area contributed by atoms with Gasteiger partial charge >= 0.3 is 6.61 Å². The van der Waals surface area contributed by atoms with E-state index < -0.39 is 12.5 Å². The first-order valence-electron chi connectivity index (χ1n) is 6.67. The summed E-state index contributed by atoms with van der Waals surface area (Å²) in [5, 5.41) is 0. The molecule has 1 saturated heterocycles. The van der Waals surface area contributed by atoms with Crippen molar-refractivity contribution in [3.63, 3.8) is 0 Å². The summed E-state index contributed by atoms with van der Waals surface area (Å²) >= 11 is 0. The van der Waals surface area contributed by atoms with Crippen LogP contribution in [0.25, 0.3) is 0 Å². The number of halogens is 2. The highest BCUT2D eigenvalue weighted by atomic mass is 19.3. The van der Waals surface area contributed by atoms with Crippen molar-refractivity contribution in [1.82, 2.24) is 0 Å². The van der Waals surface area contributed by atoms with Gasteiger partial charge in [-0.3, -0.25) is 4.79 Å². The van der Waals surface area contributed by atoms with E-state index in [1.807, 2.05) is 4.90 Å². The zero-order valence-electron chi connectivity index (χ0n) is 11.7. The molecule has 0 bridgehead atoms. The van der Waals surface area contributed by atoms with Gasteiger partial charge in [-0.2, -0.15) is 8.78 Å². The van der Waals surface area contributed by atoms with Crippen LogP contribution in [0.5, 0.6) is 5.75 Å². The lowest BCUT2D eigenvalue weighted by molar-refractivity contribution is -0.131. The number of amides is 1. The van der Waals surface area contributed by atoms with Crippen LogP contribution in [-0.4, -0.2) is 38.8 Å². The second kappa shape index (κ2) is 6.71. The van der Waals surface area contributed by atoms with Gasteiger partial charge in [0, 0.05) is 18.3 Å². The van der Waals surface area contributed by atoms with Gasteiger partial charge < -0.3 is 20.1 Å². The molecule has 0 aromatic heterocycles. The first-order chi connectivity index (χ1) is 10.0. The molecule has 0 unspecified atom stereocenters. The summed E-state index contributed by atoms with van der Waals surface area (Å²) in [5.41, 5.74) is 6.36. The van der Waals surface area contributed by atoms with E-state index in [-0.39, 0.29) is 12.6 Å². The molecular formula is C14H18F2N2O3. The summed E-state index contributed by atoms with van der Waals surface area (Å²) in [5.74, 6) is -0.196. The Morgan fingerprint density at radius 2 is 2.29 bits per heavy atom. The van der Waals surface area contributed by atoms with E-state index in [0.717, 1.165) is 25.1 Å². The molecule has 116 valence electrons. The second-order valence-corrected chi connectivity index (χ2v) is 4.83. The van der Waals surface area contributed by atoms with Crippen molar-refractivity contribution in [2.75, 3.05) is 25.2 Å². The van der Waals surface area contributed by atoms with Gasteiger partial charge in [-0.1, -0.05) is 0 Å². The number of benzene rings is 1. The molecule has 1 aromatic rings. The lowest BCUT2D eigenvalue weighted by Crippen LogP contribution is -2.33. The molecular weight excluding hydrogens is 282 g/mol.